The lowest BCUT2D eigenvalue weighted by Gasteiger charge is -2.18. The molecule has 2 atom stereocenters. The zero-order chi connectivity index (χ0) is 16.7. The predicted octanol–water partition coefficient (Wildman–Crippen LogP) is 3.25. The average molecular weight is 312 g/mol. The van der Waals surface area contributed by atoms with Crippen LogP contribution in [-0.2, 0) is 11.3 Å². The lowest BCUT2D eigenvalue weighted by Crippen LogP contribution is -2.27. The molecule has 0 saturated carbocycles. The van der Waals surface area contributed by atoms with Crippen LogP contribution in [0.5, 0.6) is 0 Å². The largest absolute Gasteiger partial charge is 0.388 e. The Morgan fingerprint density at radius 1 is 1.09 bits per heavy atom. The number of benzene rings is 2. The Morgan fingerprint density at radius 2 is 1.74 bits per heavy atom. The highest BCUT2D eigenvalue weighted by molar-refractivity contribution is 5.88. The number of nitrogens with one attached hydrogen (secondary N) is 2. The van der Waals surface area contributed by atoms with Crippen LogP contribution < -0.4 is 10.6 Å². The Kier molecular flexibility index (Phi) is 6.32. The second-order valence-corrected chi connectivity index (χ2v) is 5.82. The molecule has 0 radical (unpaired) electrons. The van der Waals surface area contributed by atoms with Crippen molar-refractivity contribution in [2.24, 2.45) is 0 Å². The van der Waals surface area contributed by atoms with Crippen molar-refractivity contribution in [2.45, 2.75) is 39.0 Å². The van der Waals surface area contributed by atoms with Crippen molar-refractivity contribution in [3.8, 4) is 0 Å². The van der Waals surface area contributed by atoms with Gasteiger partial charge in [-0.3, -0.25) is 4.79 Å². The summed E-state index contributed by atoms with van der Waals surface area (Å²) in [5.41, 5.74) is 2.88. The van der Waals surface area contributed by atoms with E-state index in [2.05, 4.69) is 17.6 Å². The number of anilines is 1. The molecule has 0 spiro atoms. The molecule has 4 nitrogen and oxygen atoms in total. The molecule has 2 unspecified atom stereocenters. The molecule has 122 valence electrons. The van der Waals surface area contributed by atoms with E-state index in [0.717, 1.165) is 23.4 Å². The molecule has 0 aliphatic heterocycles. The van der Waals surface area contributed by atoms with Crippen LogP contribution in [0.3, 0.4) is 0 Å². The van der Waals surface area contributed by atoms with Gasteiger partial charge in [-0.15, -0.1) is 0 Å². The highest BCUT2D eigenvalue weighted by Gasteiger charge is 2.11. The number of carbonyl (C=O) groups is 1. The number of rotatable bonds is 7. The van der Waals surface area contributed by atoms with Gasteiger partial charge in [-0.1, -0.05) is 42.5 Å². The van der Waals surface area contributed by atoms with Gasteiger partial charge in [0.05, 0.1) is 6.10 Å². The van der Waals surface area contributed by atoms with Crippen LogP contribution in [0.1, 0.15) is 37.5 Å². The maximum Gasteiger partial charge on any atom is 0.221 e. The maximum atomic E-state index is 11.0. The number of amides is 1. The van der Waals surface area contributed by atoms with E-state index in [1.807, 2.05) is 54.6 Å². The molecule has 0 fully saturated rings. The van der Waals surface area contributed by atoms with E-state index in [9.17, 15) is 9.90 Å². The van der Waals surface area contributed by atoms with Gasteiger partial charge in [-0.25, -0.2) is 0 Å². The first-order valence-corrected chi connectivity index (χ1v) is 7.87. The minimum absolute atomic E-state index is 0.0700. The van der Waals surface area contributed by atoms with Crippen LogP contribution in [0.2, 0.25) is 0 Å². The second kappa shape index (κ2) is 8.46. The first kappa shape index (κ1) is 17.2. The molecule has 2 aromatic rings. The summed E-state index contributed by atoms with van der Waals surface area (Å²) in [6.07, 6.45) is 0.203. The molecule has 1 amide bonds. The Bertz CT molecular complexity index is 611. The van der Waals surface area contributed by atoms with E-state index in [1.54, 1.807) is 0 Å². The number of aliphatic hydroxyl groups excluding tert-OH is 1. The molecule has 2 rings (SSSR count). The number of hydrogen-bond acceptors (Lipinski definition) is 3. The van der Waals surface area contributed by atoms with Crippen molar-refractivity contribution < 1.29 is 9.90 Å². The standard InChI is InChI=1S/C19H24N2O2/c1-14(12-19(23)17-6-4-3-5-7-17)20-13-16-8-10-18(11-9-16)21-15(2)22/h3-11,14,19-20,23H,12-13H2,1-2H3,(H,21,22). The summed E-state index contributed by atoms with van der Waals surface area (Å²) in [7, 11) is 0. The van der Waals surface area contributed by atoms with Crippen molar-refractivity contribution in [2.75, 3.05) is 5.32 Å². The molecule has 0 aromatic heterocycles. The SMILES string of the molecule is CC(=O)Nc1ccc(CNC(C)CC(O)c2ccccc2)cc1. The molecular weight excluding hydrogens is 288 g/mol. The smallest absolute Gasteiger partial charge is 0.221 e. The van der Waals surface area contributed by atoms with Crippen LogP contribution in [0.4, 0.5) is 5.69 Å². The van der Waals surface area contributed by atoms with Crippen LogP contribution in [0, 0.1) is 0 Å². The Hall–Kier alpha value is -2.17. The van der Waals surface area contributed by atoms with Crippen LogP contribution in [0.25, 0.3) is 0 Å². The molecule has 2 aromatic carbocycles. The number of hydrogen-bond donors (Lipinski definition) is 3. The first-order chi connectivity index (χ1) is 11.0. The third-order valence-electron chi connectivity index (χ3n) is 3.69. The van der Waals surface area contributed by atoms with Gasteiger partial charge in [0, 0.05) is 25.2 Å². The highest BCUT2D eigenvalue weighted by atomic mass is 16.3. The van der Waals surface area contributed by atoms with Crippen molar-refractivity contribution in [3.63, 3.8) is 0 Å². The maximum absolute atomic E-state index is 11.0. The molecule has 23 heavy (non-hydrogen) atoms. The molecule has 4 heteroatoms. The summed E-state index contributed by atoms with van der Waals surface area (Å²) in [5.74, 6) is -0.0700. The van der Waals surface area contributed by atoms with E-state index in [1.165, 1.54) is 6.92 Å². The molecule has 0 bridgehead atoms. The lowest BCUT2D eigenvalue weighted by atomic mass is 10.0. The normalized spacial score (nSPS) is 13.3. The van der Waals surface area contributed by atoms with Crippen LogP contribution >= 0.6 is 0 Å². The van der Waals surface area contributed by atoms with Gasteiger partial charge in [-0.2, -0.15) is 0 Å². The van der Waals surface area contributed by atoms with Crippen molar-refractivity contribution in [1.82, 2.24) is 5.32 Å². The van der Waals surface area contributed by atoms with Crippen LogP contribution in [0.15, 0.2) is 54.6 Å². The Balaban J connectivity index is 1.80. The van der Waals surface area contributed by atoms with Crippen molar-refractivity contribution in [3.05, 3.63) is 65.7 Å². The number of carbonyl (C=O) groups excluding carboxylic acids is 1. The topological polar surface area (TPSA) is 61.4 Å². The van der Waals surface area contributed by atoms with Gasteiger partial charge >= 0.3 is 0 Å². The van der Waals surface area contributed by atoms with E-state index in [-0.39, 0.29) is 11.9 Å². The summed E-state index contributed by atoms with van der Waals surface area (Å²) < 4.78 is 0. The molecule has 0 aliphatic rings. The van der Waals surface area contributed by atoms with Gasteiger partial charge in [0.25, 0.3) is 0 Å². The van der Waals surface area contributed by atoms with Crippen LogP contribution in [-0.4, -0.2) is 17.1 Å². The molecule has 0 heterocycles. The fraction of sp³-hybridized carbons (Fsp3) is 0.316. The van der Waals surface area contributed by atoms with Gasteiger partial charge < -0.3 is 15.7 Å². The fourth-order valence-corrected chi connectivity index (χ4v) is 2.43. The van der Waals surface area contributed by atoms with Gasteiger partial charge in [0.15, 0.2) is 0 Å². The monoisotopic (exact) mass is 312 g/mol. The van der Waals surface area contributed by atoms with E-state index in [4.69, 9.17) is 0 Å². The van der Waals surface area contributed by atoms with Crippen molar-refractivity contribution in [1.29, 1.82) is 0 Å². The molecular formula is C19H24N2O2. The van der Waals surface area contributed by atoms with E-state index >= 15 is 0 Å². The van der Waals surface area contributed by atoms with Gasteiger partial charge in [0.1, 0.15) is 0 Å². The molecule has 0 saturated heterocycles. The summed E-state index contributed by atoms with van der Waals surface area (Å²) in [6, 6.07) is 17.7. The quantitative estimate of drug-likeness (QED) is 0.735. The fourth-order valence-electron chi connectivity index (χ4n) is 2.43. The minimum Gasteiger partial charge on any atom is -0.388 e. The second-order valence-electron chi connectivity index (χ2n) is 5.82. The van der Waals surface area contributed by atoms with E-state index < -0.39 is 6.10 Å². The molecule has 0 aliphatic carbocycles. The predicted molar refractivity (Wildman–Crippen MR) is 93.1 cm³/mol. The molecule has 3 N–H and O–H groups in total. The summed E-state index contributed by atoms with van der Waals surface area (Å²) in [6.45, 7) is 4.29. The third-order valence-corrected chi connectivity index (χ3v) is 3.69. The van der Waals surface area contributed by atoms with Gasteiger partial charge in [-0.05, 0) is 36.6 Å². The zero-order valence-electron chi connectivity index (χ0n) is 13.6. The first-order valence-electron chi connectivity index (χ1n) is 7.87. The Morgan fingerprint density at radius 3 is 2.35 bits per heavy atom. The third kappa shape index (κ3) is 5.85. The summed E-state index contributed by atoms with van der Waals surface area (Å²) >= 11 is 0. The van der Waals surface area contributed by atoms with Crippen molar-refractivity contribution >= 4 is 11.6 Å². The summed E-state index contributed by atoms with van der Waals surface area (Å²) in [4.78, 5) is 11.0. The number of aliphatic hydroxyl groups is 1. The highest BCUT2D eigenvalue weighted by Crippen LogP contribution is 2.18. The Labute approximate surface area is 137 Å². The van der Waals surface area contributed by atoms with Gasteiger partial charge in [0.2, 0.25) is 5.91 Å². The average Bonchev–Trinajstić information content (AvgIpc) is 2.54. The minimum atomic E-state index is -0.458. The lowest BCUT2D eigenvalue weighted by molar-refractivity contribution is -0.114. The van der Waals surface area contributed by atoms with E-state index in [0.29, 0.717) is 6.42 Å². The zero-order valence-corrected chi connectivity index (χ0v) is 13.6. The summed E-state index contributed by atoms with van der Waals surface area (Å²) in [5, 5.41) is 16.4.